The van der Waals surface area contributed by atoms with Crippen LogP contribution in [0, 0.1) is 5.92 Å². The molecule has 1 fully saturated rings. The molecule has 1 aliphatic heterocycles. The van der Waals surface area contributed by atoms with E-state index < -0.39 is 17.9 Å². The lowest BCUT2D eigenvalue weighted by molar-refractivity contribution is -0.140. The van der Waals surface area contributed by atoms with E-state index in [9.17, 15) is 9.59 Å². The van der Waals surface area contributed by atoms with Gasteiger partial charge in [-0.2, -0.15) is 0 Å². The van der Waals surface area contributed by atoms with E-state index >= 15 is 0 Å². The molecule has 1 N–H and O–H groups in total. The first-order valence-electron chi connectivity index (χ1n) is 7.18. The van der Waals surface area contributed by atoms with Crippen molar-refractivity contribution in [3.8, 4) is 0 Å². The maximum Gasteiger partial charge on any atom is 0.334 e. The normalized spacial score (nSPS) is 18.0. The number of aliphatic carboxylic acids is 1. The molecule has 5 nitrogen and oxygen atoms in total. The number of ether oxygens (including phenoxy) is 2. The van der Waals surface area contributed by atoms with Crippen LogP contribution in [-0.4, -0.2) is 36.4 Å². The number of allylic oxidation sites excluding steroid dienone is 2. The van der Waals surface area contributed by atoms with Gasteiger partial charge in [0.05, 0.1) is 6.61 Å². The van der Waals surface area contributed by atoms with Crippen molar-refractivity contribution in [3.05, 3.63) is 66.3 Å². The van der Waals surface area contributed by atoms with E-state index in [1.54, 1.807) is 12.2 Å². The van der Waals surface area contributed by atoms with Crippen molar-refractivity contribution >= 4 is 18.0 Å². The molecule has 23 heavy (non-hydrogen) atoms. The molecule has 120 valence electrons. The first-order valence-corrected chi connectivity index (χ1v) is 7.18. The van der Waals surface area contributed by atoms with Crippen LogP contribution in [0.1, 0.15) is 5.56 Å². The van der Waals surface area contributed by atoms with Gasteiger partial charge < -0.3 is 14.6 Å². The Morgan fingerprint density at radius 2 is 2.04 bits per heavy atom. The van der Waals surface area contributed by atoms with Crippen LogP contribution in [0.5, 0.6) is 0 Å². The minimum atomic E-state index is -1.09. The molecular weight excluding hydrogens is 296 g/mol. The Morgan fingerprint density at radius 1 is 1.35 bits per heavy atom. The van der Waals surface area contributed by atoms with Crippen molar-refractivity contribution in [3.63, 3.8) is 0 Å². The molecule has 0 radical (unpaired) electrons. The molecule has 0 bridgehead atoms. The van der Waals surface area contributed by atoms with E-state index in [1.807, 2.05) is 30.3 Å². The lowest BCUT2D eigenvalue weighted by Gasteiger charge is -2.11. The van der Waals surface area contributed by atoms with Crippen LogP contribution in [0.15, 0.2) is 60.7 Å². The van der Waals surface area contributed by atoms with Crippen LogP contribution in [0.2, 0.25) is 0 Å². The molecule has 0 aliphatic carbocycles. The summed E-state index contributed by atoms with van der Waals surface area (Å²) in [5.74, 6) is -2.20. The van der Waals surface area contributed by atoms with E-state index in [4.69, 9.17) is 14.6 Å². The zero-order valence-electron chi connectivity index (χ0n) is 12.6. The fourth-order valence-corrected chi connectivity index (χ4v) is 1.82. The summed E-state index contributed by atoms with van der Waals surface area (Å²) in [7, 11) is 0. The summed E-state index contributed by atoms with van der Waals surface area (Å²) < 4.78 is 10.1. The van der Waals surface area contributed by atoms with E-state index in [1.165, 1.54) is 6.08 Å². The standard InChI is InChI=1S/C18H18O5/c1-13(18(21)23-12-16-11-22-16)15(9-10-17(19)20)8-7-14-5-3-2-4-6-14/h2-10,15-16H,1,11-12H2,(H,19,20). The molecule has 5 heteroatoms. The SMILES string of the molecule is C=C(C(=O)OCC1CO1)C(C=CC(=O)O)C=Cc1ccccc1. The van der Waals surface area contributed by atoms with Crippen LogP contribution in [-0.2, 0) is 19.1 Å². The van der Waals surface area contributed by atoms with Gasteiger partial charge in [-0.25, -0.2) is 9.59 Å². The third kappa shape index (κ3) is 5.92. The number of esters is 1. The maximum absolute atomic E-state index is 12.0. The largest absolute Gasteiger partial charge is 0.478 e. The number of carbonyl (C=O) groups is 2. The predicted octanol–water partition coefficient (Wildman–Crippen LogP) is 2.46. The average molecular weight is 314 g/mol. The van der Waals surface area contributed by atoms with Gasteiger partial charge in [0, 0.05) is 17.6 Å². The van der Waals surface area contributed by atoms with Gasteiger partial charge in [-0.05, 0) is 5.56 Å². The van der Waals surface area contributed by atoms with Gasteiger partial charge in [-0.15, -0.1) is 0 Å². The molecule has 2 atom stereocenters. The lowest BCUT2D eigenvalue weighted by atomic mass is 9.98. The molecule has 1 saturated heterocycles. The Bertz CT molecular complexity index is 626. The van der Waals surface area contributed by atoms with E-state index in [2.05, 4.69) is 6.58 Å². The van der Waals surface area contributed by atoms with Crippen molar-refractivity contribution in [2.24, 2.45) is 5.92 Å². The number of hydrogen-bond acceptors (Lipinski definition) is 4. The van der Waals surface area contributed by atoms with Gasteiger partial charge in [0.25, 0.3) is 0 Å². The van der Waals surface area contributed by atoms with Gasteiger partial charge in [0.15, 0.2) is 0 Å². The number of carbonyl (C=O) groups excluding carboxylic acids is 1. The molecule has 1 aromatic rings. The molecule has 0 saturated carbocycles. The summed E-state index contributed by atoms with van der Waals surface area (Å²) in [6.07, 6.45) is 5.88. The highest BCUT2D eigenvalue weighted by Crippen LogP contribution is 2.18. The summed E-state index contributed by atoms with van der Waals surface area (Å²) in [5.41, 5.74) is 1.11. The fraction of sp³-hybridized carbons (Fsp3) is 0.222. The first kappa shape index (κ1) is 16.7. The number of benzene rings is 1. The highest BCUT2D eigenvalue weighted by Gasteiger charge is 2.25. The number of epoxide rings is 1. The second kappa shape index (κ2) is 8.10. The smallest absolute Gasteiger partial charge is 0.334 e. The minimum absolute atomic E-state index is 0.0281. The van der Waals surface area contributed by atoms with Gasteiger partial charge in [-0.1, -0.05) is 55.1 Å². The number of carboxylic acids is 1. The monoisotopic (exact) mass is 314 g/mol. The van der Waals surface area contributed by atoms with Crippen LogP contribution in [0.25, 0.3) is 6.08 Å². The summed E-state index contributed by atoms with van der Waals surface area (Å²) in [5, 5.41) is 8.78. The van der Waals surface area contributed by atoms with Crippen molar-refractivity contribution in [1.82, 2.24) is 0 Å². The van der Waals surface area contributed by atoms with Gasteiger partial charge in [0.1, 0.15) is 12.7 Å². The molecule has 1 heterocycles. The molecule has 2 rings (SSSR count). The minimum Gasteiger partial charge on any atom is -0.478 e. The van der Waals surface area contributed by atoms with E-state index in [-0.39, 0.29) is 18.3 Å². The zero-order chi connectivity index (χ0) is 16.7. The molecule has 0 spiro atoms. The molecular formula is C18H18O5. The molecule has 1 aromatic carbocycles. The van der Waals surface area contributed by atoms with Crippen molar-refractivity contribution in [2.45, 2.75) is 6.10 Å². The van der Waals surface area contributed by atoms with E-state index in [0.717, 1.165) is 11.6 Å². The van der Waals surface area contributed by atoms with Gasteiger partial charge in [0.2, 0.25) is 0 Å². The highest BCUT2D eigenvalue weighted by molar-refractivity contribution is 5.90. The van der Waals surface area contributed by atoms with Crippen molar-refractivity contribution in [2.75, 3.05) is 13.2 Å². The van der Waals surface area contributed by atoms with Crippen LogP contribution in [0.4, 0.5) is 0 Å². The lowest BCUT2D eigenvalue weighted by Crippen LogP contribution is -2.15. The van der Waals surface area contributed by atoms with Crippen LogP contribution in [0.3, 0.4) is 0 Å². The summed E-state index contributed by atoms with van der Waals surface area (Å²) in [6.45, 7) is 4.52. The second-order valence-electron chi connectivity index (χ2n) is 5.07. The molecule has 1 aliphatic rings. The Kier molecular flexibility index (Phi) is 5.88. The first-order chi connectivity index (χ1) is 11.1. The second-order valence-corrected chi connectivity index (χ2v) is 5.07. The molecule has 2 unspecified atom stereocenters. The quantitative estimate of drug-likeness (QED) is 0.453. The molecule has 0 aromatic heterocycles. The maximum atomic E-state index is 12.0. The van der Waals surface area contributed by atoms with Crippen LogP contribution < -0.4 is 0 Å². The Morgan fingerprint density at radius 3 is 2.65 bits per heavy atom. The Balaban J connectivity index is 2.05. The third-order valence-electron chi connectivity index (χ3n) is 3.21. The van der Waals surface area contributed by atoms with E-state index in [0.29, 0.717) is 6.61 Å². The fourth-order valence-electron chi connectivity index (χ4n) is 1.82. The number of carboxylic acid groups (broad SMARTS) is 1. The zero-order valence-corrected chi connectivity index (χ0v) is 12.6. The van der Waals surface area contributed by atoms with Crippen molar-refractivity contribution < 1.29 is 24.2 Å². The highest BCUT2D eigenvalue weighted by atomic mass is 16.6. The third-order valence-corrected chi connectivity index (χ3v) is 3.21. The Hall–Kier alpha value is -2.66. The number of rotatable bonds is 8. The molecule has 0 amide bonds. The topological polar surface area (TPSA) is 76.1 Å². The summed E-state index contributed by atoms with van der Waals surface area (Å²) in [6, 6.07) is 9.48. The van der Waals surface area contributed by atoms with Crippen LogP contribution >= 0.6 is 0 Å². The van der Waals surface area contributed by atoms with Gasteiger partial charge in [-0.3, -0.25) is 0 Å². The number of hydrogen-bond donors (Lipinski definition) is 1. The Labute approximate surface area is 134 Å². The summed E-state index contributed by atoms with van der Waals surface area (Å²) in [4.78, 5) is 22.7. The predicted molar refractivity (Wildman–Crippen MR) is 85.6 cm³/mol. The average Bonchev–Trinajstić information content (AvgIpc) is 3.37. The summed E-state index contributed by atoms with van der Waals surface area (Å²) >= 11 is 0. The van der Waals surface area contributed by atoms with Crippen molar-refractivity contribution in [1.29, 1.82) is 0 Å². The van der Waals surface area contributed by atoms with Gasteiger partial charge >= 0.3 is 11.9 Å².